The molecule has 0 aliphatic carbocycles. The SMILES string of the molecule is CCC(CC)CC(NC=O)C(=O)O. The first-order chi connectivity index (χ1) is 6.15. The largest absolute Gasteiger partial charge is 0.480 e. The highest BCUT2D eigenvalue weighted by Crippen LogP contribution is 2.14. The summed E-state index contributed by atoms with van der Waals surface area (Å²) >= 11 is 0. The Kier molecular flexibility index (Phi) is 5.93. The fourth-order valence-electron chi connectivity index (χ4n) is 1.28. The van der Waals surface area contributed by atoms with E-state index in [9.17, 15) is 9.59 Å². The lowest BCUT2D eigenvalue weighted by Gasteiger charge is -2.17. The number of carbonyl (C=O) groups is 2. The fraction of sp³-hybridized carbons (Fsp3) is 0.778. The summed E-state index contributed by atoms with van der Waals surface area (Å²) in [5, 5.41) is 11.0. The summed E-state index contributed by atoms with van der Waals surface area (Å²) in [5.41, 5.74) is 0. The molecule has 1 amide bonds. The molecule has 0 aromatic carbocycles. The number of aliphatic carboxylic acids is 1. The van der Waals surface area contributed by atoms with Crippen LogP contribution < -0.4 is 5.32 Å². The summed E-state index contributed by atoms with van der Waals surface area (Å²) in [6, 6.07) is -0.734. The number of carbonyl (C=O) groups excluding carboxylic acids is 1. The molecule has 0 aliphatic rings. The molecule has 0 aromatic heterocycles. The first-order valence-corrected chi connectivity index (χ1v) is 4.58. The molecule has 13 heavy (non-hydrogen) atoms. The van der Waals surface area contributed by atoms with Crippen molar-refractivity contribution < 1.29 is 14.7 Å². The molecular weight excluding hydrogens is 170 g/mol. The quantitative estimate of drug-likeness (QED) is 0.584. The van der Waals surface area contributed by atoms with Gasteiger partial charge < -0.3 is 10.4 Å². The van der Waals surface area contributed by atoms with E-state index in [1.807, 2.05) is 13.8 Å². The molecule has 0 saturated carbocycles. The molecule has 0 fully saturated rings. The molecule has 4 heteroatoms. The molecule has 0 rings (SSSR count). The van der Waals surface area contributed by atoms with Crippen LogP contribution in [0.2, 0.25) is 0 Å². The summed E-state index contributed by atoms with van der Waals surface area (Å²) in [4.78, 5) is 20.7. The molecule has 1 atom stereocenters. The third-order valence-electron chi connectivity index (χ3n) is 2.29. The lowest BCUT2D eigenvalue weighted by molar-refractivity contribution is -0.141. The van der Waals surface area contributed by atoms with Gasteiger partial charge >= 0.3 is 5.97 Å². The maximum atomic E-state index is 10.6. The van der Waals surface area contributed by atoms with Crippen molar-refractivity contribution in [2.45, 2.75) is 39.2 Å². The molecule has 0 bridgehead atoms. The van der Waals surface area contributed by atoms with Crippen molar-refractivity contribution in [3.05, 3.63) is 0 Å². The monoisotopic (exact) mass is 187 g/mol. The van der Waals surface area contributed by atoms with E-state index in [0.717, 1.165) is 12.8 Å². The van der Waals surface area contributed by atoms with E-state index in [1.54, 1.807) is 0 Å². The van der Waals surface area contributed by atoms with Crippen LogP contribution in [0.4, 0.5) is 0 Å². The van der Waals surface area contributed by atoms with Gasteiger partial charge in [-0.15, -0.1) is 0 Å². The van der Waals surface area contributed by atoms with Gasteiger partial charge in [-0.3, -0.25) is 4.79 Å². The molecule has 4 nitrogen and oxygen atoms in total. The van der Waals surface area contributed by atoms with Gasteiger partial charge in [0.05, 0.1) is 0 Å². The second-order valence-electron chi connectivity index (χ2n) is 3.09. The summed E-state index contributed by atoms with van der Waals surface area (Å²) in [6.07, 6.45) is 2.85. The Bertz CT molecular complexity index is 166. The minimum atomic E-state index is -0.959. The zero-order valence-electron chi connectivity index (χ0n) is 8.12. The smallest absolute Gasteiger partial charge is 0.326 e. The van der Waals surface area contributed by atoms with Crippen molar-refractivity contribution in [2.24, 2.45) is 5.92 Å². The highest BCUT2D eigenvalue weighted by atomic mass is 16.4. The molecular formula is C9H17NO3. The van der Waals surface area contributed by atoms with Crippen LogP contribution in [0.1, 0.15) is 33.1 Å². The van der Waals surface area contributed by atoms with Crippen LogP contribution in [-0.2, 0) is 9.59 Å². The minimum Gasteiger partial charge on any atom is -0.480 e. The molecule has 76 valence electrons. The number of hydrogen-bond donors (Lipinski definition) is 2. The predicted octanol–water partition coefficient (Wildman–Crippen LogP) is 1.01. The topological polar surface area (TPSA) is 66.4 Å². The number of amides is 1. The molecule has 0 saturated heterocycles. The van der Waals surface area contributed by atoms with Gasteiger partial charge in [0.2, 0.25) is 6.41 Å². The van der Waals surface area contributed by atoms with Gasteiger partial charge in [-0.25, -0.2) is 4.79 Å². The van der Waals surface area contributed by atoms with Crippen LogP contribution in [0, 0.1) is 5.92 Å². The lowest BCUT2D eigenvalue weighted by Crippen LogP contribution is -2.37. The summed E-state index contributed by atoms with van der Waals surface area (Å²) in [7, 11) is 0. The maximum Gasteiger partial charge on any atom is 0.326 e. The predicted molar refractivity (Wildman–Crippen MR) is 49.3 cm³/mol. The van der Waals surface area contributed by atoms with Crippen molar-refractivity contribution in [1.82, 2.24) is 5.32 Å². The van der Waals surface area contributed by atoms with Gasteiger partial charge in [0.1, 0.15) is 6.04 Å². The van der Waals surface area contributed by atoms with Crippen LogP contribution in [0.5, 0.6) is 0 Å². The highest BCUT2D eigenvalue weighted by molar-refractivity contribution is 5.76. The molecule has 0 spiro atoms. The lowest BCUT2D eigenvalue weighted by atomic mass is 9.95. The summed E-state index contributed by atoms with van der Waals surface area (Å²) in [6.45, 7) is 4.04. The normalized spacial score (nSPS) is 12.5. The number of carboxylic acid groups (broad SMARTS) is 1. The molecule has 0 heterocycles. The summed E-state index contributed by atoms with van der Waals surface area (Å²) in [5.74, 6) is -0.590. The standard InChI is InChI=1S/C9H17NO3/c1-3-7(4-2)5-8(9(12)13)10-6-11/h6-8H,3-5H2,1-2H3,(H,10,11)(H,12,13). The molecule has 0 aromatic rings. The van der Waals surface area contributed by atoms with E-state index in [-0.39, 0.29) is 0 Å². The number of nitrogens with one attached hydrogen (secondary N) is 1. The Morgan fingerprint density at radius 3 is 2.31 bits per heavy atom. The van der Waals surface area contributed by atoms with E-state index in [4.69, 9.17) is 5.11 Å². The molecule has 2 N–H and O–H groups in total. The van der Waals surface area contributed by atoms with Crippen LogP contribution >= 0.6 is 0 Å². The second kappa shape index (κ2) is 6.46. The zero-order chi connectivity index (χ0) is 10.3. The first kappa shape index (κ1) is 11.9. The zero-order valence-corrected chi connectivity index (χ0v) is 8.12. The summed E-state index contributed by atoms with van der Waals surface area (Å²) < 4.78 is 0. The third-order valence-corrected chi connectivity index (χ3v) is 2.29. The van der Waals surface area contributed by atoms with Crippen LogP contribution in [0.3, 0.4) is 0 Å². The van der Waals surface area contributed by atoms with Crippen LogP contribution in [0.15, 0.2) is 0 Å². The van der Waals surface area contributed by atoms with E-state index in [2.05, 4.69) is 5.32 Å². The van der Waals surface area contributed by atoms with Crippen molar-refractivity contribution >= 4 is 12.4 Å². The van der Waals surface area contributed by atoms with Gasteiger partial charge in [-0.1, -0.05) is 26.7 Å². The Morgan fingerprint density at radius 2 is 2.00 bits per heavy atom. The van der Waals surface area contributed by atoms with E-state index in [0.29, 0.717) is 18.7 Å². The van der Waals surface area contributed by atoms with Gasteiger partial charge in [-0.05, 0) is 12.3 Å². The van der Waals surface area contributed by atoms with E-state index < -0.39 is 12.0 Å². The number of carboxylic acids is 1. The Labute approximate surface area is 78.3 Å². The molecule has 0 aliphatic heterocycles. The number of rotatable bonds is 7. The average Bonchev–Trinajstić information content (AvgIpc) is 2.11. The van der Waals surface area contributed by atoms with Crippen LogP contribution in [-0.4, -0.2) is 23.5 Å². The van der Waals surface area contributed by atoms with Crippen molar-refractivity contribution in [1.29, 1.82) is 0 Å². The van der Waals surface area contributed by atoms with Gasteiger partial charge in [0, 0.05) is 0 Å². The minimum absolute atomic E-state index is 0.369. The second-order valence-corrected chi connectivity index (χ2v) is 3.09. The number of hydrogen-bond acceptors (Lipinski definition) is 2. The van der Waals surface area contributed by atoms with E-state index >= 15 is 0 Å². The van der Waals surface area contributed by atoms with E-state index in [1.165, 1.54) is 0 Å². The van der Waals surface area contributed by atoms with Crippen molar-refractivity contribution in [3.63, 3.8) is 0 Å². The molecule has 1 unspecified atom stereocenters. The highest BCUT2D eigenvalue weighted by Gasteiger charge is 2.19. The third kappa shape index (κ3) is 4.50. The first-order valence-electron chi connectivity index (χ1n) is 4.58. The fourth-order valence-corrected chi connectivity index (χ4v) is 1.28. The van der Waals surface area contributed by atoms with Gasteiger partial charge in [0.25, 0.3) is 0 Å². The van der Waals surface area contributed by atoms with Gasteiger partial charge in [-0.2, -0.15) is 0 Å². The van der Waals surface area contributed by atoms with Crippen LogP contribution in [0.25, 0.3) is 0 Å². The Hall–Kier alpha value is -1.06. The van der Waals surface area contributed by atoms with Crippen molar-refractivity contribution in [3.8, 4) is 0 Å². The Balaban J connectivity index is 4.06. The molecule has 0 radical (unpaired) electrons. The maximum absolute atomic E-state index is 10.6. The van der Waals surface area contributed by atoms with Crippen molar-refractivity contribution in [2.75, 3.05) is 0 Å². The Morgan fingerprint density at radius 1 is 1.46 bits per heavy atom. The van der Waals surface area contributed by atoms with Gasteiger partial charge in [0.15, 0.2) is 0 Å². The average molecular weight is 187 g/mol.